The average molecular weight is 642 g/mol. The number of aromatic nitrogens is 1. The van der Waals surface area contributed by atoms with Crippen molar-refractivity contribution < 1.29 is 41.0 Å². The molecule has 0 saturated carbocycles. The summed E-state index contributed by atoms with van der Waals surface area (Å²) in [6.45, 7) is 5.77. The first kappa shape index (κ1) is 33.5. The highest BCUT2D eigenvalue weighted by atomic mass is 19.4. The van der Waals surface area contributed by atoms with Crippen LogP contribution in [0.5, 0.6) is 5.75 Å². The van der Waals surface area contributed by atoms with Crippen molar-refractivity contribution in [2.75, 3.05) is 33.1 Å². The second kappa shape index (κ2) is 13.3. The van der Waals surface area contributed by atoms with Gasteiger partial charge in [-0.1, -0.05) is 12.6 Å². The summed E-state index contributed by atoms with van der Waals surface area (Å²) < 4.78 is 69.8. The third-order valence-electron chi connectivity index (χ3n) is 6.92. The van der Waals surface area contributed by atoms with Gasteiger partial charge < -0.3 is 29.8 Å². The second-order valence-electron chi connectivity index (χ2n) is 10.5. The molecular formula is C32H31F4N5O5. The number of pyridine rings is 1. The lowest BCUT2D eigenvalue weighted by Gasteiger charge is -2.26. The quantitative estimate of drug-likeness (QED) is 0.0991. The maximum atomic E-state index is 13.7. The Morgan fingerprint density at radius 3 is 2.33 bits per heavy atom. The van der Waals surface area contributed by atoms with E-state index in [1.165, 1.54) is 76.2 Å². The predicted octanol–water partition coefficient (Wildman–Crippen LogP) is 6.34. The monoisotopic (exact) mass is 641 g/mol. The van der Waals surface area contributed by atoms with E-state index in [0.29, 0.717) is 5.56 Å². The Morgan fingerprint density at radius 2 is 1.72 bits per heavy atom. The lowest BCUT2D eigenvalue weighted by Crippen LogP contribution is -2.44. The number of nitrogens with zero attached hydrogens (tertiary/aromatic N) is 2. The molecule has 0 fully saturated rings. The summed E-state index contributed by atoms with van der Waals surface area (Å²) in [6.07, 6.45) is -3.44. The molecule has 0 aliphatic carbocycles. The number of furan rings is 1. The first-order valence-electron chi connectivity index (χ1n) is 13.7. The van der Waals surface area contributed by atoms with Gasteiger partial charge >= 0.3 is 6.18 Å². The Balaban J connectivity index is 1.91. The molecule has 0 aliphatic heterocycles. The third kappa shape index (κ3) is 7.28. The second-order valence-corrected chi connectivity index (χ2v) is 10.5. The molecule has 0 spiro atoms. The van der Waals surface area contributed by atoms with Crippen LogP contribution in [-0.2, 0) is 4.74 Å². The van der Waals surface area contributed by atoms with E-state index in [1.807, 2.05) is 0 Å². The number of benzene rings is 2. The zero-order chi connectivity index (χ0) is 33.8. The number of anilines is 1. The Labute approximate surface area is 261 Å². The lowest BCUT2D eigenvalue weighted by atomic mass is 9.98. The van der Waals surface area contributed by atoms with Crippen molar-refractivity contribution in [1.29, 1.82) is 0 Å². The van der Waals surface area contributed by atoms with Crippen LogP contribution in [-0.4, -0.2) is 62.7 Å². The number of fused-ring (bicyclic) bond motifs is 1. The van der Waals surface area contributed by atoms with Crippen LogP contribution < -0.4 is 20.7 Å². The van der Waals surface area contributed by atoms with Gasteiger partial charge in [-0.25, -0.2) is 9.38 Å². The van der Waals surface area contributed by atoms with Gasteiger partial charge in [-0.15, -0.1) is 0 Å². The SMILES string of the molecule is C=C(N=COC)C(C)(C)NC(=O)c1cc(-c2cc3c(C(=O)NC)c(-c4ccc(F)cc4)oc3nc2NCC(F)(F)F)ccc1OC. The number of carbonyl (C=O) groups excluding carboxylic acids is 2. The van der Waals surface area contributed by atoms with E-state index in [0.717, 1.165) is 0 Å². The van der Waals surface area contributed by atoms with E-state index < -0.39 is 35.9 Å². The highest BCUT2D eigenvalue weighted by molar-refractivity contribution is 6.11. The Bertz CT molecular complexity index is 1810. The summed E-state index contributed by atoms with van der Waals surface area (Å²) in [5, 5.41) is 7.81. The molecule has 2 aromatic heterocycles. The summed E-state index contributed by atoms with van der Waals surface area (Å²) in [4.78, 5) is 35.0. The molecule has 14 heteroatoms. The molecule has 2 aromatic carbocycles. The summed E-state index contributed by atoms with van der Waals surface area (Å²) in [5.74, 6) is -1.70. The van der Waals surface area contributed by atoms with Crippen LogP contribution >= 0.6 is 0 Å². The van der Waals surface area contributed by atoms with Crippen LogP contribution in [0.15, 0.2) is 70.2 Å². The minimum Gasteiger partial charge on any atom is -0.496 e. The van der Waals surface area contributed by atoms with Crippen molar-refractivity contribution >= 4 is 35.1 Å². The number of methoxy groups -OCH3 is 2. The van der Waals surface area contributed by atoms with E-state index in [1.54, 1.807) is 13.8 Å². The van der Waals surface area contributed by atoms with Gasteiger partial charge in [-0.05, 0) is 61.9 Å². The van der Waals surface area contributed by atoms with Crippen molar-refractivity contribution in [1.82, 2.24) is 15.6 Å². The average Bonchev–Trinajstić information content (AvgIpc) is 3.39. The van der Waals surface area contributed by atoms with E-state index >= 15 is 0 Å². The number of aliphatic imine (C=N–C) groups is 1. The Morgan fingerprint density at radius 1 is 1.04 bits per heavy atom. The smallest absolute Gasteiger partial charge is 0.405 e. The van der Waals surface area contributed by atoms with Gasteiger partial charge in [0, 0.05) is 18.2 Å². The molecule has 0 atom stereocenters. The van der Waals surface area contributed by atoms with Crippen LogP contribution in [0.25, 0.3) is 33.6 Å². The first-order valence-corrected chi connectivity index (χ1v) is 13.7. The van der Waals surface area contributed by atoms with E-state index in [-0.39, 0.29) is 56.4 Å². The van der Waals surface area contributed by atoms with Crippen molar-refractivity contribution in [3.8, 4) is 28.2 Å². The van der Waals surface area contributed by atoms with Gasteiger partial charge in [-0.2, -0.15) is 18.2 Å². The minimum absolute atomic E-state index is 0.0311. The van der Waals surface area contributed by atoms with Gasteiger partial charge in [0.25, 0.3) is 11.8 Å². The molecule has 3 N–H and O–H groups in total. The molecule has 4 aromatic rings. The number of rotatable bonds is 11. The molecule has 0 radical (unpaired) electrons. The van der Waals surface area contributed by atoms with Gasteiger partial charge in [0.1, 0.15) is 29.7 Å². The van der Waals surface area contributed by atoms with Gasteiger partial charge in [0.2, 0.25) is 5.71 Å². The van der Waals surface area contributed by atoms with Crippen molar-refractivity contribution in [2.24, 2.45) is 4.99 Å². The highest BCUT2D eigenvalue weighted by Gasteiger charge is 2.30. The summed E-state index contributed by atoms with van der Waals surface area (Å²) in [6, 6.07) is 11.0. The molecule has 0 saturated heterocycles. The zero-order valence-corrected chi connectivity index (χ0v) is 25.6. The van der Waals surface area contributed by atoms with Crippen LogP contribution in [0.2, 0.25) is 0 Å². The minimum atomic E-state index is -4.60. The maximum absolute atomic E-state index is 13.7. The van der Waals surface area contributed by atoms with Gasteiger partial charge in [0.15, 0.2) is 6.40 Å². The molecule has 0 bridgehead atoms. The van der Waals surface area contributed by atoms with Crippen molar-refractivity contribution in [2.45, 2.75) is 25.6 Å². The maximum Gasteiger partial charge on any atom is 0.405 e. The molecule has 0 unspecified atom stereocenters. The number of hydrogen-bond acceptors (Lipinski definition) is 8. The number of nitrogens with one attached hydrogen (secondary N) is 3. The van der Waals surface area contributed by atoms with E-state index in [2.05, 4.69) is 32.5 Å². The number of halogens is 4. The largest absolute Gasteiger partial charge is 0.496 e. The number of carbonyl (C=O) groups is 2. The Hall–Kier alpha value is -5.40. The van der Waals surface area contributed by atoms with Gasteiger partial charge in [-0.3, -0.25) is 9.59 Å². The first-order chi connectivity index (χ1) is 21.7. The number of amides is 2. The molecule has 46 heavy (non-hydrogen) atoms. The fraction of sp³-hybridized carbons (Fsp3) is 0.250. The predicted molar refractivity (Wildman–Crippen MR) is 166 cm³/mol. The molecular weight excluding hydrogens is 610 g/mol. The molecule has 0 aliphatic rings. The van der Waals surface area contributed by atoms with E-state index in [4.69, 9.17) is 13.9 Å². The van der Waals surface area contributed by atoms with Crippen LogP contribution in [0.4, 0.5) is 23.4 Å². The highest BCUT2D eigenvalue weighted by Crippen LogP contribution is 2.39. The molecule has 10 nitrogen and oxygen atoms in total. The Kier molecular flexibility index (Phi) is 9.69. The summed E-state index contributed by atoms with van der Waals surface area (Å²) >= 11 is 0. The number of alkyl halides is 3. The molecule has 2 amide bonds. The van der Waals surface area contributed by atoms with Gasteiger partial charge in [0.05, 0.1) is 42.0 Å². The van der Waals surface area contributed by atoms with E-state index in [9.17, 15) is 27.2 Å². The third-order valence-corrected chi connectivity index (χ3v) is 6.92. The summed E-state index contributed by atoms with van der Waals surface area (Å²) in [5.41, 5.74) is -0.0907. The lowest BCUT2D eigenvalue weighted by molar-refractivity contribution is -0.115. The standard InChI is InChI=1S/C32H31F4N5O5/c1-17(39-16-44-5)31(2,3)41-28(42)22-13-19(9-12-24(22)45-6)21-14-23-25(29(43)37-4)26(18-7-10-20(33)11-8-18)46-30(23)40-27(21)38-15-32(34,35)36/h7-14,16H,1,15H2,2-6H3,(H,37,43)(H,38,40)(H,41,42). The van der Waals surface area contributed by atoms with Crippen molar-refractivity contribution in [3.63, 3.8) is 0 Å². The number of hydrogen-bond donors (Lipinski definition) is 3. The van der Waals surface area contributed by atoms with Crippen LogP contribution in [0, 0.1) is 5.82 Å². The van der Waals surface area contributed by atoms with Crippen molar-refractivity contribution in [3.05, 3.63) is 77.8 Å². The topological polar surface area (TPSA) is 127 Å². The molecule has 2 heterocycles. The zero-order valence-electron chi connectivity index (χ0n) is 25.6. The van der Waals surface area contributed by atoms with Crippen LogP contribution in [0.3, 0.4) is 0 Å². The number of ether oxygens (including phenoxy) is 2. The van der Waals surface area contributed by atoms with Crippen LogP contribution in [0.1, 0.15) is 34.6 Å². The fourth-order valence-electron chi connectivity index (χ4n) is 4.47. The summed E-state index contributed by atoms with van der Waals surface area (Å²) in [7, 11) is 4.17. The molecule has 4 rings (SSSR count). The molecule has 242 valence electrons. The normalized spacial score (nSPS) is 11.8. The fourth-order valence-corrected chi connectivity index (χ4v) is 4.47.